The van der Waals surface area contributed by atoms with E-state index in [9.17, 15) is 44.3 Å². The van der Waals surface area contributed by atoms with Gasteiger partial charge < -0.3 is 10.2 Å². The van der Waals surface area contributed by atoms with Gasteiger partial charge >= 0.3 is 18.5 Å². The molecule has 0 saturated heterocycles. The predicted octanol–water partition coefficient (Wildman–Crippen LogP) is 6.94. The summed E-state index contributed by atoms with van der Waals surface area (Å²) in [4.78, 5) is 21.0. The number of hydrogen-bond acceptors (Lipinski definition) is 4. The van der Waals surface area contributed by atoms with Gasteiger partial charge in [-0.1, -0.05) is 16.8 Å². The summed E-state index contributed by atoms with van der Waals surface area (Å²) in [6.07, 6.45) is -11.9. The smallest absolute Gasteiger partial charge is 0.374 e. The number of nitrogens with zero attached hydrogens (tertiary/aromatic N) is 3. The zero-order valence-electron chi connectivity index (χ0n) is 19.8. The highest BCUT2D eigenvalue weighted by molar-refractivity contribution is 6.30. The minimum Gasteiger partial charge on any atom is -0.374 e. The first-order chi connectivity index (χ1) is 18.5. The third-order valence-corrected chi connectivity index (χ3v) is 6.11. The molecule has 3 aromatic rings. The molecule has 40 heavy (non-hydrogen) atoms. The molecule has 1 unspecified atom stereocenters. The van der Waals surface area contributed by atoms with Gasteiger partial charge in [-0.05, 0) is 42.5 Å². The lowest BCUT2D eigenvalue weighted by atomic mass is 9.87. The van der Waals surface area contributed by atoms with Crippen molar-refractivity contribution in [3.8, 4) is 0 Å². The van der Waals surface area contributed by atoms with Crippen molar-refractivity contribution < 1.29 is 49.1 Å². The van der Waals surface area contributed by atoms with Crippen molar-refractivity contribution in [1.82, 2.24) is 14.7 Å². The standard InChI is InChI=1S/C24H16ClF9N4O2/c25-15-8-13(7-14(9-15)23(29,30)31)21(24(32,33)34)10-16(37-40-21)1-2-17-3-4-18(19-11-35-12-38(17)19)20(39)36-6-5-22(26,27)28/h1-4,7-9,11-12H,5-6,10H2,(H,36,39)/b2-1+. The molecule has 3 heterocycles. The van der Waals surface area contributed by atoms with E-state index in [0.717, 1.165) is 12.1 Å². The Balaban J connectivity index is 1.59. The quantitative estimate of drug-likeness (QED) is 0.313. The molecule has 6 nitrogen and oxygen atoms in total. The Hall–Kier alpha value is -3.75. The summed E-state index contributed by atoms with van der Waals surface area (Å²) < 4.78 is 121. The monoisotopic (exact) mass is 598 g/mol. The molecule has 1 N–H and O–H groups in total. The Kier molecular flexibility index (Phi) is 7.56. The molecular formula is C24H16ClF9N4O2. The van der Waals surface area contributed by atoms with Crippen molar-refractivity contribution >= 4 is 34.8 Å². The summed E-state index contributed by atoms with van der Waals surface area (Å²) in [6, 6.07) is 4.17. The molecule has 2 aromatic heterocycles. The van der Waals surface area contributed by atoms with Crippen molar-refractivity contribution in [3.05, 3.63) is 76.3 Å². The molecule has 1 amide bonds. The number of amides is 1. The Bertz CT molecular complexity index is 1490. The van der Waals surface area contributed by atoms with Gasteiger partial charge in [0.05, 0.1) is 41.3 Å². The molecule has 1 aliphatic rings. The SMILES string of the molecule is O=C(NCCC(F)(F)F)c1ccc(/C=C/C2=NOC(c3cc(Cl)cc(C(F)(F)F)c3)(C(F)(F)F)C2)n2cncc12. The first kappa shape index (κ1) is 29.2. The van der Waals surface area contributed by atoms with Gasteiger partial charge in [-0.3, -0.25) is 9.20 Å². The molecule has 16 heteroatoms. The van der Waals surface area contributed by atoms with E-state index in [4.69, 9.17) is 16.4 Å². The van der Waals surface area contributed by atoms with E-state index in [-0.39, 0.29) is 22.5 Å². The molecular weight excluding hydrogens is 583 g/mol. The van der Waals surface area contributed by atoms with Gasteiger partial charge in [0.25, 0.3) is 11.5 Å². The van der Waals surface area contributed by atoms with E-state index in [1.165, 1.54) is 35.1 Å². The molecule has 0 radical (unpaired) electrons. The molecule has 0 fully saturated rings. The Morgan fingerprint density at radius 3 is 2.45 bits per heavy atom. The number of hydrogen-bond donors (Lipinski definition) is 1. The Labute approximate surface area is 224 Å². The van der Waals surface area contributed by atoms with Gasteiger partial charge in [0.15, 0.2) is 0 Å². The Morgan fingerprint density at radius 1 is 1.07 bits per heavy atom. The van der Waals surface area contributed by atoms with Gasteiger partial charge in [0.1, 0.15) is 0 Å². The van der Waals surface area contributed by atoms with Gasteiger partial charge in [-0.25, -0.2) is 4.98 Å². The maximum absolute atomic E-state index is 14.2. The number of nitrogens with one attached hydrogen (secondary N) is 1. The van der Waals surface area contributed by atoms with Crippen LogP contribution in [0.15, 0.2) is 54.1 Å². The number of benzene rings is 1. The third kappa shape index (κ3) is 6.03. The summed E-state index contributed by atoms with van der Waals surface area (Å²) in [5.41, 5.74) is -5.31. The number of rotatable bonds is 6. The molecule has 0 spiro atoms. The van der Waals surface area contributed by atoms with Gasteiger partial charge in [0.2, 0.25) is 0 Å². The van der Waals surface area contributed by atoms with Crippen LogP contribution < -0.4 is 5.32 Å². The van der Waals surface area contributed by atoms with E-state index in [0.29, 0.717) is 12.1 Å². The molecule has 0 bridgehead atoms. The highest BCUT2D eigenvalue weighted by Crippen LogP contribution is 2.49. The number of alkyl halides is 9. The Morgan fingerprint density at radius 2 is 1.80 bits per heavy atom. The van der Waals surface area contributed by atoms with Crippen molar-refractivity contribution in [2.75, 3.05) is 6.54 Å². The highest BCUT2D eigenvalue weighted by atomic mass is 35.5. The van der Waals surface area contributed by atoms with Crippen LogP contribution in [0.4, 0.5) is 39.5 Å². The van der Waals surface area contributed by atoms with Crippen molar-refractivity contribution in [2.24, 2.45) is 5.16 Å². The molecule has 1 aromatic carbocycles. The second kappa shape index (κ2) is 10.3. The lowest BCUT2D eigenvalue weighted by molar-refractivity contribution is -0.276. The number of fused-ring (bicyclic) bond motifs is 1. The van der Waals surface area contributed by atoms with Crippen LogP contribution in [-0.4, -0.2) is 39.9 Å². The number of halogens is 10. The van der Waals surface area contributed by atoms with E-state index in [1.807, 2.05) is 0 Å². The van der Waals surface area contributed by atoms with E-state index in [2.05, 4.69) is 15.5 Å². The summed E-state index contributed by atoms with van der Waals surface area (Å²) in [5, 5.41) is 5.01. The molecule has 0 saturated carbocycles. The number of oxime groups is 1. The molecule has 0 aliphatic carbocycles. The molecule has 4 rings (SSSR count). The van der Waals surface area contributed by atoms with Gasteiger partial charge in [0, 0.05) is 29.2 Å². The van der Waals surface area contributed by atoms with Crippen molar-refractivity contribution in [1.29, 1.82) is 0 Å². The minimum atomic E-state index is -5.18. The van der Waals surface area contributed by atoms with Gasteiger partial charge in [-0.15, -0.1) is 0 Å². The lowest BCUT2D eigenvalue weighted by Crippen LogP contribution is -2.42. The maximum atomic E-state index is 14.2. The fourth-order valence-corrected chi connectivity index (χ4v) is 4.19. The first-order valence-electron chi connectivity index (χ1n) is 11.2. The first-order valence-corrected chi connectivity index (χ1v) is 11.6. The molecule has 1 atom stereocenters. The van der Waals surface area contributed by atoms with E-state index < -0.39 is 65.6 Å². The number of imidazole rings is 1. The average Bonchev–Trinajstić information content (AvgIpc) is 3.49. The van der Waals surface area contributed by atoms with Crippen LogP contribution in [0.1, 0.15) is 40.0 Å². The van der Waals surface area contributed by atoms with Crippen LogP contribution in [-0.2, 0) is 16.6 Å². The normalized spacial score (nSPS) is 18.3. The largest absolute Gasteiger partial charge is 0.435 e. The van der Waals surface area contributed by atoms with Crippen molar-refractivity contribution in [2.45, 2.75) is 37.0 Å². The van der Waals surface area contributed by atoms with Gasteiger partial charge in [-0.2, -0.15) is 39.5 Å². The third-order valence-electron chi connectivity index (χ3n) is 5.90. The summed E-state index contributed by atoms with van der Waals surface area (Å²) in [5.74, 6) is -0.798. The lowest BCUT2D eigenvalue weighted by Gasteiger charge is -2.30. The average molecular weight is 599 g/mol. The number of aromatic nitrogens is 2. The van der Waals surface area contributed by atoms with Crippen LogP contribution in [0.3, 0.4) is 0 Å². The highest BCUT2D eigenvalue weighted by Gasteiger charge is 2.62. The van der Waals surface area contributed by atoms with Crippen LogP contribution in [0, 0.1) is 0 Å². The number of carbonyl (C=O) groups excluding carboxylic acids is 1. The summed E-state index contributed by atoms with van der Waals surface area (Å²) >= 11 is 5.69. The molecule has 214 valence electrons. The van der Waals surface area contributed by atoms with E-state index >= 15 is 0 Å². The second-order valence-corrected chi connectivity index (χ2v) is 9.11. The zero-order valence-corrected chi connectivity index (χ0v) is 20.5. The predicted molar refractivity (Wildman–Crippen MR) is 125 cm³/mol. The molecule has 1 aliphatic heterocycles. The fraction of sp³-hybridized carbons (Fsp3) is 0.292. The second-order valence-electron chi connectivity index (χ2n) is 8.68. The van der Waals surface area contributed by atoms with E-state index in [1.54, 1.807) is 0 Å². The van der Waals surface area contributed by atoms with Crippen LogP contribution in [0.2, 0.25) is 5.02 Å². The van der Waals surface area contributed by atoms with Crippen LogP contribution in [0.25, 0.3) is 11.6 Å². The topological polar surface area (TPSA) is 68.0 Å². The minimum absolute atomic E-state index is 0.00382. The summed E-state index contributed by atoms with van der Waals surface area (Å²) in [7, 11) is 0. The van der Waals surface area contributed by atoms with Crippen LogP contribution >= 0.6 is 11.6 Å². The summed E-state index contributed by atoms with van der Waals surface area (Å²) in [6.45, 7) is -0.651. The number of allylic oxidation sites excluding steroid dienone is 1. The maximum Gasteiger partial charge on any atom is 0.435 e. The number of pyridine rings is 1. The number of carbonyl (C=O) groups is 1. The fourth-order valence-electron chi connectivity index (χ4n) is 3.96. The van der Waals surface area contributed by atoms with Crippen LogP contribution in [0.5, 0.6) is 0 Å². The zero-order chi connectivity index (χ0) is 29.5. The van der Waals surface area contributed by atoms with Crippen molar-refractivity contribution in [3.63, 3.8) is 0 Å².